The summed E-state index contributed by atoms with van der Waals surface area (Å²) in [6.07, 6.45) is 1.77. The molecule has 0 saturated heterocycles. The van der Waals surface area contributed by atoms with Crippen LogP contribution >= 0.6 is 0 Å². The number of hydrogen-bond acceptors (Lipinski definition) is 3. The Bertz CT molecular complexity index is 805. The number of rotatable bonds is 1. The molecule has 3 aromatic rings. The van der Waals surface area contributed by atoms with E-state index in [-0.39, 0.29) is 12.7 Å². The number of ether oxygens (including phenoxy) is 2. The summed E-state index contributed by atoms with van der Waals surface area (Å²) in [5.41, 5.74) is 1.48. The van der Waals surface area contributed by atoms with Crippen molar-refractivity contribution in [3.05, 3.63) is 60.3 Å². The van der Waals surface area contributed by atoms with E-state index in [9.17, 15) is 4.79 Å². The van der Waals surface area contributed by atoms with Crippen LogP contribution in [0.25, 0.3) is 10.9 Å². The molecule has 1 aliphatic heterocycles. The van der Waals surface area contributed by atoms with Gasteiger partial charge in [0.15, 0.2) is 11.5 Å². The first-order chi connectivity index (χ1) is 9.83. The van der Waals surface area contributed by atoms with Crippen LogP contribution in [0, 0.1) is 0 Å². The third-order valence-electron chi connectivity index (χ3n) is 3.42. The van der Waals surface area contributed by atoms with Gasteiger partial charge in [0.25, 0.3) is 5.91 Å². The van der Waals surface area contributed by atoms with Gasteiger partial charge in [0.2, 0.25) is 6.79 Å². The van der Waals surface area contributed by atoms with Crippen molar-refractivity contribution >= 4 is 16.8 Å². The molecule has 1 aromatic heterocycles. The van der Waals surface area contributed by atoms with Crippen molar-refractivity contribution in [1.29, 1.82) is 0 Å². The summed E-state index contributed by atoms with van der Waals surface area (Å²) >= 11 is 0. The maximum atomic E-state index is 12.5. The fourth-order valence-electron chi connectivity index (χ4n) is 2.42. The second kappa shape index (κ2) is 4.13. The van der Waals surface area contributed by atoms with E-state index in [2.05, 4.69) is 0 Å². The average molecular weight is 265 g/mol. The summed E-state index contributed by atoms with van der Waals surface area (Å²) in [6, 6.07) is 14.9. The molecule has 20 heavy (non-hydrogen) atoms. The zero-order valence-corrected chi connectivity index (χ0v) is 10.6. The van der Waals surface area contributed by atoms with Crippen molar-refractivity contribution in [2.75, 3.05) is 6.79 Å². The molecule has 0 radical (unpaired) electrons. The minimum atomic E-state index is -0.0561. The summed E-state index contributed by atoms with van der Waals surface area (Å²) in [6.45, 7) is 0.231. The lowest BCUT2D eigenvalue weighted by molar-refractivity contribution is 0.0965. The van der Waals surface area contributed by atoms with E-state index in [1.165, 1.54) is 0 Å². The Balaban J connectivity index is 1.87. The van der Waals surface area contributed by atoms with Crippen molar-refractivity contribution < 1.29 is 14.3 Å². The molecule has 4 nitrogen and oxygen atoms in total. The molecule has 4 rings (SSSR count). The standard InChI is InChI=1S/C16H11NO3/c18-16(11-4-2-1-3-5-11)17-7-6-12-8-14-15(9-13(12)17)20-10-19-14/h1-9H,10H2. The smallest absolute Gasteiger partial charge is 0.262 e. The lowest BCUT2D eigenvalue weighted by atomic mass is 10.2. The van der Waals surface area contributed by atoms with E-state index in [1.807, 2.05) is 36.4 Å². The molecule has 2 aromatic carbocycles. The maximum absolute atomic E-state index is 12.5. The predicted molar refractivity (Wildman–Crippen MR) is 74.2 cm³/mol. The molecule has 0 fully saturated rings. The topological polar surface area (TPSA) is 40.5 Å². The molecule has 0 amide bonds. The highest BCUT2D eigenvalue weighted by Gasteiger charge is 2.18. The Morgan fingerprint density at radius 1 is 1.00 bits per heavy atom. The van der Waals surface area contributed by atoms with Gasteiger partial charge in [-0.3, -0.25) is 9.36 Å². The molecule has 4 heteroatoms. The lowest BCUT2D eigenvalue weighted by Gasteiger charge is -2.05. The van der Waals surface area contributed by atoms with Gasteiger partial charge >= 0.3 is 0 Å². The second-order valence-corrected chi connectivity index (χ2v) is 4.62. The molecule has 1 aliphatic rings. The SMILES string of the molecule is O=C(c1ccccc1)n1ccc2cc3c(cc21)OCO3. The summed E-state index contributed by atoms with van der Waals surface area (Å²) in [4.78, 5) is 12.5. The van der Waals surface area contributed by atoms with E-state index < -0.39 is 0 Å². The zero-order valence-electron chi connectivity index (χ0n) is 10.6. The first-order valence-corrected chi connectivity index (χ1v) is 6.33. The van der Waals surface area contributed by atoms with Crippen molar-refractivity contribution in [1.82, 2.24) is 4.57 Å². The van der Waals surface area contributed by atoms with Crippen LogP contribution in [-0.2, 0) is 0 Å². The fraction of sp³-hybridized carbons (Fsp3) is 0.0625. The van der Waals surface area contributed by atoms with E-state index in [0.29, 0.717) is 11.3 Å². The summed E-state index contributed by atoms with van der Waals surface area (Å²) < 4.78 is 12.3. The lowest BCUT2D eigenvalue weighted by Crippen LogP contribution is -2.10. The van der Waals surface area contributed by atoms with Crippen molar-refractivity contribution in [3.63, 3.8) is 0 Å². The third-order valence-corrected chi connectivity index (χ3v) is 3.42. The number of carbonyl (C=O) groups excluding carboxylic acids is 1. The van der Waals surface area contributed by atoms with Gasteiger partial charge in [0.05, 0.1) is 5.52 Å². The van der Waals surface area contributed by atoms with Crippen LogP contribution in [0.3, 0.4) is 0 Å². The van der Waals surface area contributed by atoms with E-state index >= 15 is 0 Å². The predicted octanol–water partition coefficient (Wildman–Crippen LogP) is 3.06. The van der Waals surface area contributed by atoms with Crippen LogP contribution in [-0.4, -0.2) is 17.3 Å². The van der Waals surface area contributed by atoms with Crippen LogP contribution in [0.4, 0.5) is 0 Å². The Hall–Kier alpha value is -2.75. The first-order valence-electron chi connectivity index (χ1n) is 6.33. The van der Waals surface area contributed by atoms with E-state index in [1.54, 1.807) is 22.9 Å². The van der Waals surface area contributed by atoms with Gasteiger partial charge in [0.1, 0.15) is 0 Å². The van der Waals surface area contributed by atoms with E-state index in [4.69, 9.17) is 9.47 Å². The number of aromatic nitrogens is 1. The van der Waals surface area contributed by atoms with Gasteiger partial charge < -0.3 is 9.47 Å². The van der Waals surface area contributed by atoms with Crippen molar-refractivity contribution in [3.8, 4) is 11.5 Å². The van der Waals surface area contributed by atoms with Crippen molar-refractivity contribution in [2.24, 2.45) is 0 Å². The second-order valence-electron chi connectivity index (χ2n) is 4.62. The minimum absolute atomic E-state index is 0.0561. The van der Waals surface area contributed by atoms with Gasteiger partial charge in [-0.15, -0.1) is 0 Å². The Labute approximate surface area is 115 Å². The minimum Gasteiger partial charge on any atom is -0.454 e. The van der Waals surface area contributed by atoms with Crippen LogP contribution in [0.5, 0.6) is 11.5 Å². The molecule has 0 unspecified atom stereocenters. The van der Waals surface area contributed by atoms with Crippen molar-refractivity contribution in [2.45, 2.75) is 0 Å². The summed E-state index contributed by atoms with van der Waals surface area (Å²) in [5.74, 6) is 1.35. The molecule has 0 bridgehead atoms. The fourth-order valence-corrected chi connectivity index (χ4v) is 2.42. The normalized spacial score (nSPS) is 12.8. The zero-order chi connectivity index (χ0) is 13.5. The highest BCUT2D eigenvalue weighted by atomic mass is 16.7. The highest BCUT2D eigenvalue weighted by molar-refractivity contribution is 6.02. The molecule has 2 heterocycles. The Morgan fingerprint density at radius 3 is 2.55 bits per heavy atom. The highest BCUT2D eigenvalue weighted by Crippen LogP contribution is 2.36. The Morgan fingerprint density at radius 2 is 1.75 bits per heavy atom. The van der Waals surface area contributed by atoms with Crippen LogP contribution < -0.4 is 9.47 Å². The quantitative estimate of drug-likeness (QED) is 0.679. The summed E-state index contributed by atoms with van der Waals surface area (Å²) in [5, 5.41) is 0.957. The molecule has 0 aliphatic carbocycles. The molecular formula is C16H11NO3. The molecule has 0 N–H and O–H groups in total. The molecule has 0 spiro atoms. The number of carbonyl (C=O) groups is 1. The van der Waals surface area contributed by atoms with Crippen LogP contribution in [0.15, 0.2) is 54.7 Å². The first kappa shape index (κ1) is 11.1. The van der Waals surface area contributed by atoms with Gasteiger partial charge in [-0.2, -0.15) is 0 Å². The molecule has 98 valence electrons. The van der Waals surface area contributed by atoms with Gasteiger partial charge in [-0.05, 0) is 24.3 Å². The largest absolute Gasteiger partial charge is 0.454 e. The van der Waals surface area contributed by atoms with Gasteiger partial charge in [-0.25, -0.2) is 0 Å². The third kappa shape index (κ3) is 1.58. The van der Waals surface area contributed by atoms with E-state index in [0.717, 1.165) is 16.7 Å². The number of benzene rings is 2. The number of hydrogen-bond donors (Lipinski definition) is 0. The number of fused-ring (bicyclic) bond motifs is 2. The average Bonchev–Trinajstić information content (AvgIpc) is 3.10. The van der Waals surface area contributed by atoms with Crippen LogP contribution in [0.1, 0.15) is 10.4 Å². The van der Waals surface area contributed by atoms with Crippen LogP contribution in [0.2, 0.25) is 0 Å². The Kier molecular flexibility index (Phi) is 2.29. The summed E-state index contributed by atoms with van der Waals surface area (Å²) in [7, 11) is 0. The molecular weight excluding hydrogens is 254 g/mol. The molecule has 0 saturated carbocycles. The van der Waals surface area contributed by atoms with Gasteiger partial charge in [-0.1, -0.05) is 18.2 Å². The maximum Gasteiger partial charge on any atom is 0.262 e. The molecule has 0 atom stereocenters. The monoisotopic (exact) mass is 265 g/mol. The number of nitrogens with zero attached hydrogens (tertiary/aromatic N) is 1. The van der Waals surface area contributed by atoms with Gasteiger partial charge in [0, 0.05) is 23.2 Å².